The molecular weight excluding hydrogens is 262 g/mol. The first-order valence-electron chi connectivity index (χ1n) is 7.21. The Morgan fingerprint density at radius 2 is 1.81 bits per heavy atom. The molecule has 0 saturated carbocycles. The van der Waals surface area contributed by atoms with E-state index in [1.165, 1.54) is 5.52 Å². The summed E-state index contributed by atoms with van der Waals surface area (Å²) in [7, 11) is 0. The Morgan fingerprint density at radius 1 is 1.05 bits per heavy atom. The zero-order valence-corrected chi connectivity index (χ0v) is 12.1. The van der Waals surface area contributed by atoms with Crippen LogP contribution in [-0.4, -0.2) is 14.7 Å². The van der Waals surface area contributed by atoms with Crippen molar-refractivity contribution >= 4 is 11.0 Å². The summed E-state index contributed by atoms with van der Waals surface area (Å²) >= 11 is 0. The van der Waals surface area contributed by atoms with Crippen molar-refractivity contribution in [1.82, 2.24) is 14.9 Å². The maximum Gasteiger partial charge on any atom is 0.123 e. The summed E-state index contributed by atoms with van der Waals surface area (Å²) in [5, 5.41) is 13.1. The highest BCUT2D eigenvalue weighted by molar-refractivity contribution is 5.75. The highest BCUT2D eigenvalue weighted by Gasteiger charge is 2.08. The van der Waals surface area contributed by atoms with E-state index in [9.17, 15) is 5.11 Å². The van der Waals surface area contributed by atoms with Gasteiger partial charge in [-0.25, -0.2) is 4.98 Å². The first kappa shape index (κ1) is 13.6. The van der Waals surface area contributed by atoms with Crippen LogP contribution in [0.25, 0.3) is 11.0 Å². The van der Waals surface area contributed by atoms with Crippen molar-refractivity contribution in [3.05, 3.63) is 59.9 Å². The molecule has 0 saturated heterocycles. The topological polar surface area (TPSA) is 50.1 Å². The van der Waals surface area contributed by atoms with Crippen molar-refractivity contribution < 1.29 is 5.11 Å². The third kappa shape index (κ3) is 2.76. The Morgan fingerprint density at radius 3 is 2.62 bits per heavy atom. The molecule has 2 N–H and O–H groups in total. The van der Waals surface area contributed by atoms with Crippen molar-refractivity contribution in [3.63, 3.8) is 0 Å². The van der Waals surface area contributed by atoms with Gasteiger partial charge in [0, 0.05) is 18.7 Å². The predicted molar refractivity (Wildman–Crippen MR) is 84.1 cm³/mol. The Kier molecular flexibility index (Phi) is 3.88. The molecule has 0 amide bonds. The Hall–Kier alpha value is -2.33. The Labute approximate surface area is 124 Å². The second-order valence-electron chi connectivity index (χ2n) is 4.99. The van der Waals surface area contributed by atoms with Crippen LogP contribution in [0.3, 0.4) is 0 Å². The molecule has 2 aromatic carbocycles. The van der Waals surface area contributed by atoms with Crippen LogP contribution in [-0.2, 0) is 19.6 Å². The molecule has 1 aromatic heterocycles. The quantitative estimate of drug-likeness (QED) is 0.755. The molecule has 3 rings (SSSR count). The lowest BCUT2D eigenvalue weighted by molar-refractivity contribution is 0.463. The van der Waals surface area contributed by atoms with Gasteiger partial charge in [-0.1, -0.05) is 30.3 Å². The molecule has 3 aromatic rings. The van der Waals surface area contributed by atoms with E-state index in [0.717, 1.165) is 23.4 Å². The average molecular weight is 281 g/mol. The summed E-state index contributed by atoms with van der Waals surface area (Å²) in [6.07, 6.45) is 0. The van der Waals surface area contributed by atoms with Crippen LogP contribution < -0.4 is 5.32 Å². The molecule has 0 aliphatic rings. The van der Waals surface area contributed by atoms with Gasteiger partial charge in [-0.3, -0.25) is 0 Å². The number of para-hydroxylation sites is 3. The van der Waals surface area contributed by atoms with Crippen LogP contribution in [0.4, 0.5) is 0 Å². The number of hydrogen-bond donors (Lipinski definition) is 2. The maximum absolute atomic E-state index is 9.76. The van der Waals surface area contributed by atoms with Crippen LogP contribution in [0, 0.1) is 0 Å². The number of aromatic hydroxyl groups is 1. The number of aromatic nitrogens is 2. The van der Waals surface area contributed by atoms with E-state index in [0.29, 0.717) is 18.8 Å². The molecular formula is C17H19N3O. The van der Waals surface area contributed by atoms with Crippen LogP contribution in [0.15, 0.2) is 48.5 Å². The monoisotopic (exact) mass is 281 g/mol. The molecule has 0 bridgehead atoms. The van der Waals surface area contributed by atoms with Gasteiger partial charge in [0.2, 0.25) is 0 Å². The average Bonchev–Trinajstić information content (AvgIpc) is 2.86. The third-order valence-corrected chi connectivity index (χ3v) is 3.64. The molecule has 0 atom stereocenters. The summed E-state index contributed by atoms with van der Waals surface area (Å²) < 4.78 is 2.22. The van der Waals surface area contributed by atoms with E-state index < -0.39 is 0 Å². The summed E-state index contributed by atoms with van der Waals surface area (Å²) in [4.78, 5) is 4.68. The molecule has 0 aliphatic carbocycles. The van der Waals surface area contributed by atoms with E-state index in [1.54, 1.807) is 6.07 Å². The van der Waals surface area contributed by atoms with Crippen molar-refractivity contribution in [3.8, 4) is 5.75 Å². The lowest BCUT2D eigenvalue weighted by Crippen LogP contribution is -2.16. The molecule has 4 nitrogen and oxygen atoms in total. The van der Waals surface area contributed by atoms with Gasteiger partial charge in [0.1, 0.15) is 11.6 Å². The molecule has 21 heavy (non-hydrogen) atoms. The van der Waals surface area contributed by atoms with Crippen LogP contribution in [0.2, 0.25) is 0 Å². The molecule has 0 radical (unpaired) electrons. The zero-order chi connectivity index (χ0) is 14.7. The Bertz CT molecular complexity index is 749. The Balaban J connectivity index is 1.75. The number of rotatable bonds is 5. The number of imidazole rings is 1. The predicted octanol–water partition coefficient (Wildman–Crippen LogP) is 3.05. The SMILES string of the molecule is CCn1c(CNCc2ccccc2O)nc2ccccc21. The van der Waals surface area contributed by atoms with Crippen LogP contribution >= 0.6 is 0 Å². The summed E-state index contributed by atoms with van der Waals surface area (Å²) in [5.74, 6) is 1.35. The number of hydrogen-bond acceptors (Lipinski definition) is 3. The number of aryl methyl sites for hydroxylation is 1. The second-order valence-corrected chi connectivity index (χ2v) is 4.99. The lowest BCUT2D eigenvalue weighted by Gasteiger charge is -2.08. The number of fused-ring (bicyclic) bond motifs is 1. The van der Waals surface area contributed by atoms with Gasteiger partial charge in [-0.2, -0.15) is 0 Å². The fourth-order valence-corrected chi connectivity index (χ4v) is 2.58. The van der Waals surface area contributed by atoms with E-state index in [4.69, 9.17) is 0 Å². The summed E-state index contributed by atoms with van der Waals surface area (Å²) in [6, 6.07) is 15.6. The van der Waals surface area contributed by atoms with Crippen LogP contribution in [0.1, 0.15) is 18.3 Å². The summed E-state index contributed by atoms with van der Waals surface area (Å²) in [6.45, 7) is 4.32. The minimum atomic E-state index is 0.328. The number of nitrogens with zero attached hydrogens (tertiary/aromatic N) is 2. The molecule has 108 valence electrons. The van der Waals surface area contributed by atoms with E-state index in [1.807, 2.05) is 36.4 Å². The van der Waals surface area contributed by atoms with Gasteiger partial charge in [-0.15, -0.1) is 0 Å². The van der Waals surface area contributed by atoms with Gasteiger partial charge in [-0.05, 0) is 25.1 Å². The molecule has 0 unspecified atom stereocenters. The van der Waals surface area contributed by atoms with Gasteiger partial charge >= 0.3 is 0 Å². The first-order valence-corrected chi connectivity index (χ1v) is 7.21. The number of nitrogens with one attached hydrogen (secondary N) is 1. The largest absolute Gasteiger partial charge is 0.508 e. The van der Waals surface area contributed by atoms with E-state index in [2.05, 4.69) is 27.9 Å². The number of phenols is 1. The molecule has 0 aliphatic heterocycles. The zero-order valence-electron chi connectivity index (χ0n) is 12.1. The van der Waals surface area contributed by atoms with Crippen LogP contribution in [0.5, 0.6) is 5.75 Å². The smallest absolute Gasteiger partial charge is 0.123 e. The maximum atomic E-state index is 9.76. The second kappa shape index (κ2) is 5.97. The highest BCUT2D eigenvalue weighted by Crippen LogP contribution is 2.17. The van der Waals surface area contributed by atoms with Crippen molar-refractivity contribution in [2.24, 2.45) is 0 Å². The van der Waals surface area contributed by atoms with Gasteiger partial charge in [0.25, 0.3) is 0 Å². The first-order chi connectivity index (χ1) is 10.3. The lowest BCUT2D eigenvalue weighted by atomic mass is 10.2. The molecule has 0 spiro atoms. The fraction of sp³-hybridized carbons (Fsp3) is 0.235. The van der Waals surface area contributed by atoms with Gasteiger partial charge < -0.3 is 15.0 Å². The highest BCUT2D eigenvalue weighted by atomic mass is 16.3. The standard InChI is InChI=1S/C17H19N3O/c1-2-20-15-9-5-4-8-14(15)19-17(20)12-18-11-13-7-3-6-10-16(13)21/h3-10,18,21H,2,11-12H2,1H3. The minimum absolute atomic E-state index is 0.328. The van der Waals surface area contributed by atoms with E-state index >= 15 is 0 Å². The van der Waals surface area contributed by atoms with E-state index in [-0.39, 0.29) is 0 Å². The normalized spacial score (nSPS) is 11.1. The number of phenolic OH excluding ortho intramolecular Hbond substituents is 1. The molecule has 1 heterocycles. The minimum Gasteiger partial charge on any atom is -0.508 e. The number of benzene rings is 2. The third-order valence-electron chi connectivity index (χ3n) is 3.64. The fourth-order valence-electron chi connectivity index (χ4n) is 2.58. The van der Waals surface area contributed by atoms with Crippen molar-refractivity contribution in [2.75, 3.05) is 0 Å². The van der Waals surface area contributed by atoms with Gasteiger partial charge in [0.15, 0.2) is 0 Å². The molecule has 0 fully saturated rings. The van der Waals surface area contributed by atoms with Crippen molar-refractivity contribution in [1.29, 1.82) is 0 Å². The van der Waals surface area contributed by atoms with Gasteiger partial charge in [0.05, 0.1) is 17.6 Å². The molecule has 4 heteroatoms. The summed E-state index contributed by atoms with van der Waals surface area (Å²) in [5.41, 5.74) is 3.09. The van der Waals surface area contributed by atoms with Crippen molar-refractivity contribution in [2.45, 2.75) is 26.6 Å².